The molecule has 0 bridgehead atoms. The zero-order chi connectivity index (χ0) is 22.0. The van der Waals surface area contributed by atoms with Gasteiger partial charge in [-0.05, 0) is 75.9 Å². The molecule has 0 radical (unpaired) electrons. The summed E-state index contributed by atoms with van der Waals surface area (Å²) < 4.78 is 5.15. The number of benzene rings is 1. The van der Waals surface area contributed by atoms with Crippen LogP contribution in [0, 0.1) is 0 Å². The van der Waals surface area contributed by atoms with Crippen molar-refractivity contribution in [1.82, 2.24) is 9.80 Å². The number of ether oxygens (including phenoxy) is 1. The number of hydrogen-bond donors (Lipinski definition) is 0. The minimum atomic E-state index is -0.178. The Labute approximate surface area is 185 Å². The van der Waals surface area contributed by atoms with Crippen molar-refractivity contribution in [3.05, 3.63) is 35.4 Å². The van der Waals surface area contributed by atoms with Gasteiger partial charge in [0.25, 0.3) is 0 Å². The average molecular weight is 426 g/mol. The van der Waals surface area contributed by atoms with Gasteiger partial charge in [-0.2, -0.15) is 0 Å². The normalized spacial score (nSPS) is 21.6. The second-order valence-electron chi connectivity index (χ2n) is 9.12. The Morgan fingerprint density at radius 3 is 2.48 bits per heavy atom. The maximum atomic E-state index is 12.3. The lowest BCUT2D eigenvalue weighted by molar-refractivity contribution is -0.116. The second kappa shape index (κ2) is 9.03. The summed E-state index contributed by atoms with van der Waals surface area (Å²) in [6, 6.07) is 7.06. The van der Waals surface area contributed by atoms with E-state index in [1.807, 2.05) is 23.6 Å². The summed E-state index contributed by atoms with van der Waals surface area (Å²) in [5.74, 6) is 0.130. The van der Waals surface area contributed by atoms with E-state index in [1.54, 1.807) is 6.92 Å². The predicted octanol–water partition coefficient (Wildman–Crippen LogP) is 4.04. The molecule has 6 heteroatoms. The molecule has 31 heavy (non-hydrogen) atoms. The molecule has 0 saturated carbocycles. The van der Waals surface area contributed by atoms with Crippen molar-refractivity contribution in [2.24, 2.45) is 0 Å². The van der Waals surface area contributed by atoms with Crippen molar-refractivity contribution < 1.29 is 14.3 Å². The molecule has 3 aliphatic rings. The first kappa shape index (κ1) is 21.9. The fraction of sp³-hybridized carbons (Fsp3) is 0.600. The summed E-state index contributed by atoms with van der Waals surface area (Å²) in [6.07, 6.45) is 8.18. The highest BCUT2D eigenvalue weighted by Gasteiger charge is 2.46. The Morgan fingerprint density at radius 1 is 1.16 bits per heavy atom. The van der Waals surface area contributed by atoms with Crippen LogP contribution in [0.25, 0.3) is 6.08 Å². The average Bonchev–Trinajstić information content (AvgIpc) is 3.09. The first-order valence-corrected chi connectivity index (χ1v) is 11.7. The van der Waals surface area contributed by atoms with Gasteiger partial charge in [0, 0.05) is 43.7 Å². The van der Waals surface area contributed by atoms with E-state index in [0.29, 0.717) is 12.6 Å². The van der Waals surface area contributed by atoms with E-state index in [9.17, 15) is 9.59 Å². The molecule has 0 aromatic heterocycles. The van der Waals surface area contributed by atoms with Crippen LogP contribution in [0.1, 0.15) is 57.6 Å². The van der Waals surface area contributed by atoms with Gasteiger partial charge in [-0.1, -0.05) is 18.2 Å². The van der Waals surface area contributed by atoms with E-state index in [-0.39, 0.29) is 17.4 Å². The SMILES string of the molecule is C/C=C\c1ccc2c(c1)C1(CCN(C3CCN(C(=O)OCC)CC3)CC1)CN2C(C)=O. The number of fused-ring (bicyclic) bond motifs is 2. The number of hydrogen-bond acceptors (Lipinski definition) is 4. The van der Waals surface area contributed by atoms with Crippen LogP contribution in [-0.2, 0) is 14.9 Å². The molecule has 2 fully saturated rings. The summed E-state index contributed by atoms with van der Waals surface area (Å²) in [4.78, 5) is 30.8. The molecular formula is C25H35N3O3. The van der Waals surface area contributed by atoms with Crippen molar-refractivity contribution in [1.29, 1.82) is 0 Å². The summed E-state index contributed by atoms with van der Waals surface area (Å²) in [5, 5.41) is 0. The minimum absolute atomic E-state index is 0.0563. The molecule has 6 nitrogen and oxygen atoms in total. The second-order valence-corrected chi connectivity index (χ2v) is 9.12. The van der Waals surface area contributed by atoms with Crippen molar-refractivity contribution in [3.8, 4) is 0 Å². The Kier molecular flexibility index (Phi) is 6.37. The molecule has 3 aliphatic heterocycles. The van der Waals surface area contributed by atoms with E-state index in [4.69, 9.17) is 4.74 Å². The van der Waals surface area contributed by atoms with Gasteiger partial charge >= 0.3 is 6.09 Å². The summed E-state index contributed by atoms with van der Waals surface area (Å²) in [5.41, 5.74) is 3.70. The molecular weight excluding hydrogens is 390 g/mol. The molecule has 0 atom stereocenters. The zero-order valence-corrected chi connectivity index (χ0v) is 19.1. The smallest absolute Gasteiger partial charge is 0.409 e. The van der Waals surface area contributed by atoms with Crippen molar-refractivity contribution in [2.75, 3.05) is 44.2 Å². The number of rotatable bonds is 3. The van der Waals surface area contributed by atoms with Crippen LogP contribution in [0.3, 0.4) is 0 Å². The molecule has 0 N–H and O–H groups in total. The molecule has 1 aromatic carbocycles. The van der Waals surface area contributed by atoms with E-state index in [0.717, 1.165) is 64.1 Å². The Balaban J connectivity index is 1.44. The molecule has 3 heterocycles. The number of amides is 2. The third-order valence-electron chi connectivity index (χ3n) is 7.34. The highest BCUT2D eigenvalue weighted by molar-refractivity contribution is 5.95. The molecule has 0 aliphatic carbocycles. The van der Waals surface area contributed by atoms with Crippen LogP contribution in [0.15, 0.2) is 24.3 Å². The fourth-order valence-corrected chi connectivity index (χ4v) is 5.64. The lowest BCUT2D eigenvalue weighted by Crippen LogP contribution is -2.52. The maximum absolute atomic E-state index is 12.3. The third-order valence-corrected chi connectivity index (χ3v) is 7.34. The van der Waals surface area contributed by atoms with Crippen molar-refractivity contribution in [2.45, 2.75) is 57.9 Å². The van der Waals surface area contributed by atoms with Crippen LogP contribution in [-0.4, -0.2) is 67.2 Å². The van der Waals surface area contributed by atoms with Gasteiger partial charge in [0.15, 0.2) is 0 Å². The fourth-order valence-electron chi connectivity index (χ4n) is 5.64. The topological polar surface area (TPSA) is 53.1 Å². The molecule has 2 amide bonds. The van der Waals surface area contributed by atoms with Gasteiger partial charge < -0.3 is 19.4 Å². The number of piperidine rings is 2. The maximum Gasteiger partial charge on any atom is 0.409 e. The van der Waals surface area contributed by atoms with Crippen LogP contribution in [0.2, 0.25) is 0 Å². The Morgan fingerprint density at radius 2 is 1.87 bits per heavy atom. The number of carbonyl (C=O) groups excluding carboxylic acids is 2. The number of nitrogens with zero attached hydrogens (tertiary/aromatic N) is 3. The van der Waals surface area contributed by atoms with Crippen LogP contribution < -0.4 is 4.90 Å². The van der Waals surface area contributed by atoms with E-state index in [2.05, 4.69) is 35.3 Å². The van der Waals surface area contributed by atoms with Crippen molar-refractivity contribution in [3.63, 3.8) is 0 Å². The first-order chi connectivity index (χ1) is 15.0. The number of carbonyl (C=O) groups is 2. The Bertz CT molecular complexity index is 850. The molecule has 0 unspecified atom stereocenters. The largest absolute Gasteiger partial charge is 0.450 e. The van der Waals surface area contributed by atoms with E-state index < -0.39 is 0 Å². The van der Waals surface area contributed by atoms with Crippen LogP contribution in [0.5, 0.6) is 0 Å². The number of anilines is 1. The number of likely N-dealkylation sites (tertiary alicyclic amines) is 2. The molecule has 1 aromatic rings. The standard InChI is InChI=1S/C25H35N3O3/c1-4-6-20-7-8-23-22(17-20)25(18-28(23)19(3)29)11-15-26(16-12-25)21-9-13-27(14-10-21)24(30)31-5-2/h4,6-8,17,21H,5,9-16,18H2,1-3H3/b6-4-. The van der Waals surface area contributed by atoms with Crippen molar-refractivity contribution >= 4 is 23.8 Å². The van der Waals surface area contributed by atoms with Gasteiger partial charge in [0.2, 0.25) is 5.91 Å². The lowest BCUT2D eigenvalue weighted by Gasteiger charge is -2.45. The minimum Gasteiger partial charge on any atom is -0.450 e. The molecule has 4 rings (SSSR count). The molecule has 2 saturated heterocycles. The van der Waals surface area contributed by atoms with Gasteiger partial charge in [-0.25, -0.2) is 4.79 Å². The predicted molar refractivity (Wildman–Crippen MR) is 123 cm³/mol. The van der Waals surface area contributed by atoms with E-state index >= 15 is 0 Å². The van der Waals surface area contributed by atoms with Gasteiger partial charge in [-0.3, -0.25) is 4.79 Å². The van der Waals surface area contributed by atoms with Gasteiger partial charge in [0.05, 0.1) is 6.61 Å². The molecule has 168 valence electrons. The summed E-state index contributed by atoms with van der Waals surface area (Å²) in [7, 11) is 0. The van der Waals surface area contributed by atoms with Gasteiger partial charge in [-0.15, -0.1) is 0 Å². The lowest BCUT2D eigenvalue weighted by atomic mass is 9.73. The monoisotopic (exact) mass is 425 g/mol. The quantitative estimate of drug-likeness (QED) is 0.733. The summed E-state index contributed by atoms with van der Waals surface area (Å²) >= 11 is 0. The third kappa shape index (κ3) is 4.22. The van der Waals surface area contributed by atoms with Gasteiger partial charge in [0.1, 0.15) is 0 Å². The van der Waals surface area contributed by atoms with E-state index in [1.165, 1.54) is 11.1 Å². The highest BCUT2D eigenvalue weighted by atomic mass is 16.6. The Hall–Kier alpha value is -2.34. The number of allylic oxidation sites excluding steroid dienone is 1. The zero-order valence-electron chi connectivity index (χ0n) is 19.1. The van der Waals surface area contributed by atoms with Crippen LogP contribution in [0.4, 0.5) is 10.5 Å². The highest BCUT2D eigenvalue weighted by Crippen LogP contribution is 2.48. The van der Waals surface area contributed by atoms with Crippen LogP contribution >= 0.6 is 0 Å². The summed E-state index contributed by atoms with van der Waals surface area (Å²) in [6.45, 7) is 10.4. The molecule has 1 spiro atoms. The first-order valence-electron chi connectivity index (χ1n) is 11.7.